The van der Waals surface area contributed by atoms with Gasteiger partial charge in [-0.2, -0.15) is 0 Å². The maximum Gasteiger partial charge on any atom is 0.489 e. The topological polar surface area (TPSA) is 80.9 Å². The predicted molar refractivity (Wildman–Crippen MR) is 76.5 cm³/mol. The first-order valence-corrected chi connectivity index (χ1v) is 5.99. The third-order valence-corrected chi connectivity index (χ3v) is 3.22. The highest BCUT2D eigenvalue weighted by molar-refractivity contribution is 6.63. The van der Waals surface area contributed by atoms with E-state index in [2.05, 4.69) is 0 Å². The minimum absolute atomic E-state index is 0.203. The smallest absolute Gasteiger partial charge is 0.423 e. The molecule has 4 nitrogen and oxygen atoms in total. The van der Waals surface area contributed by atoms with Gasteiger partial charge in [0.15, 0.2) is 0 Å². The molecule has 0 heterocycles. The van der Waals surface area contributed by atoms with Gasteiger partial charge >= 0.3 is 14.2 Å². The molecule has 0 fully saturated rings. The highest BCUT2D eigenvalue weighted by Gasteiger charge is 2.18. The Morgan fingerprint density at radius 2 is 1.53 bits per heavy atom. The van der Waals surface area contributed by atoms with Crippen molar-refractivity contribution in [3.8, 4) is 11.1 Å². The molecule has 0 aromatic heterocycles. The number of hydrogen-bond donors (Lipinski definition) is 4. The van der Waals surface area contributed by atoms with E-state index in [4.69, 9.17) is 21.6 Å². The van der Waals surface area contributed by atoms with E-state index >= 15 is 0 Å². The van der Waals surface area contributed by atoms with Crippen LogP contribution in [0.2, 0.25) is 5.02 Å². The Morgan fingerprint density at radius 3 is 2.16 bits per heavy atom. The van der Waals surface area contributed by atoms with Crippen LogP contribution in [0.15, 0.2) is 42.5 Å². The quantitative estimate of drug-likeness (QED) is 0.563. The molecule has 0 spiro atoms. The Hall–Kier alpha value is -1.30. The van der Waals surface area contributed by atoms with Gasteiger partial charge in [0.2, 0.25) is 0 Å². The summed E-state index contributed by atoms with van der Waals surface area (Å²) in [5.74, 6) is 0. The van der Waals surface area contributed by atoms with E-state index < -0.39 is 14.2 Å². The standard InChI is InChI=1S/C12H11B2ClO4/c15-12-10(5-2-6-11(12)14(18)19)8-3-1-4-9(7-8)13(16)17/h1-7,16-19H. The van der Waals surface area contributed by atoms with Crippen molar-refractivity contribution < 1.29 is 20.1 Å². The molecule has 2 aromatic carbocycles. The van der Waals surface area contributed by atoms with Gasteiger partial charge in [-0.15, -0.1) is 0 Å². The van der Waals surface area contributed by atoms with E-state index in [-0.39, 0.29) is 10.5 Å². The third-order valence-electron chi connectivity index (χ3n) is 2.80. The van der Waals surface area contributed by atoms with Crippen molar-refractivity contribution in [2.45, 2.75) is 0 Å². The summed E-state index contributed by atoms with van der Waals surface area (Å²) in [6.07, 6.45) is 0. The van der Waals surface area contributed by atoms with Crippen LogP contribution in [0.4, 0.5) is 0 Å². The van der Waals surface area contributed by atoms with Gasteiger partial charge in [-0.05, 0) is 16.6 Å². The molecule has 2 rings (SSSR count). The van der Waals surface area contributed by atoms with Gasteiger partial charge in [-0.3, -0.25) is 0 Å². The van der Waals surface area contributed by atoms with Crippen molar-refractivity contribution in [3.63, 3.8) is 0 Å². The third kappa shape index (κ3) is 3.00. The van der Waals surface area contributed by atoms with Gasteiger partial charge in [-0.25, -0.2) is 0 Å². The maximum absolute atomic E-state index is 9.21. The van der Waals surface area contributed by atoms with Crippen molar-refractivity contribution in [3.05, 3.63) is 47.5 Å². The molecule has 4 N–H and O–H groups in total. The molecular formula is C12H11B2ClO4. The van der Waals surface area contributed by atoms with Crippen molar-refractivity contribution in [1.29, 1.82) is 0 Å². The zero-order valence-corrected chi connectivity index (χ0v) is 10.6. The van der Waals surface area contributed by atoms with Crippen molar-refractivity contribution in [1.82, 2.24) is 0 Å². The summed E-state index contributed by atoms with van der Waals surface area (Å²) >= 11 is 6.13. The molecule has 0 aliphatic carbocycles. The van der Waals surface area contributed by atoms with Crippen molar-refractivity contribution in [2.75, 3.05) is 0 Å². The number of hydrogen-bond acceptors (Lipinski definition) is 4. The summed E-state index contributed by atoms with van der Waals surface area (Å²) in [6, 6.07) is 11.5. The molecule has 0 amide bonds. The second-order valence-corrected chi connectivity index (χ2v) is 4.46. The van der Waals surface area contributed by atoms with Crippen LogP contribution in [0, 0.1) is 0 Å². The molecule has 19 heavy (non-hydrogen) atoms. The lowest BCUT2D eigenvalue weighted by molar-refractivity contribution is 0.424. The average Bonchev–Trinajstić information content (AvgIpc) is 2.38. The molecule has 96 valence electrons. The van der Waals surface area contributed by atoms with E-state index in [9.17, 15) is 10.0 Å². The van der Waals surface area contributed by atoms with E-state index in [1.165, 1.54) is 6.07 Å². The van der Waals surface area contributed by atoms with Crippen LogP contribution in [0.5, 0.6) is 0 Å². The fraction of sp³-hybridized carbons (Fsp3) is 0. The second kappa shape index (κ2) is 5.77. The summed E-state index contributed by atoms with van der Waals surface area (Å²) in [5.41, 5.74) is 1.80. The number of benzene rings is 2. The van der Waals surface area contributed by atoms with Gasteiger partial charge in [-0.1, -0.05) is 54.1 Å². The minimum atomic E-state index is -1.65. The van der Waals surface area contributed by atoms with Crippen LogP contribution < -0.4 is 10.9 Å². The molecule has 0 saturated carbocycles. The van der Waals surface area contributed by atoms with Crippen LogP contribution in [-0.2, 0) is 0 Å². The molecule has 0 atom stereocenters. The lowest BCUT2D eigenvalue weighted by Gasteiger charge is -2.10. The van der Waals surface area contributed by atoms with Crippen molar-refractivity contribution >= 4 is 36.8 Å². The zero-order chi connectivity index (χ0) is 14.0. The molecule has 0 radical (unpaired) electrons. The first-order valence-electron chi connectivity index (χ1n) is 5.61. The molecule has 0 bridgehead atoms. The second-order valence-electron chi connectivity index (χ2n) is 4.08. The molecule has 0 unspecified atom stereocenters. The minimum Gasteiger partial charge on any atom is -0.423 e. The zero-order valence-electron chi connectivity index (χ0n) is 9.86. The maximum atomic E-state index is 9.21. The van der Waals surface area contributed by atoms with E-state index in [1.807, 2.05) is 0 Å². The number of halogens is 1. The Bertz CT molecular complexity index is 590. The summed E-state index contributed by atoms with van der Waals surface area (Å²) in [5, 5.41) is 36.9. The van der Waals surface area contributed by atoms with E-state index in [1.54, 1.807) is 36.4 Å². The van der Waals surface area contributed by atoms with Gasteiger partial charge in [0, 0.05) is 10.5 Å². The van der Waals surface area contributed by atoms with E-state index in [0.29, 0.717) is 16.6 Å². The predicted octanol–water partition coefficient (Wildman–Crippen LogP) is -0.633. The summed E-state index contributed by atoms with van der Waals surface area (Å²) in [7, 11) is -3.22. The first kappa shape index (κ1) is 14.1. The summed E-state index contributed by atoms with van der Waals surface area (Å²) < 4.78 is 0. The average molecular weight is 276 g/mol. The Balaban J connectivity index is 2.53. The SMILES string of the molecule is OB(O)c1cccc(-c2cccc(B(O)O)c2Cl)c1. The number of rotatable bonds is 3. The van der Waals surface area contributed by atoms with Gasteiger partial charge in [0.05, 0.1) is 0 Å². The lowest BCUT2D eigenvalue weighted by atomic mass is 9.77. The molecule has 0 aliphatic rings. The molecule has 2 aromatic rings. The fourth-order valence-corrected chi connectivity index (χ4v) is 2.17. The van der Waals surface area contributed by atoms with E-state index in [0.717, 1.165) is 0 Å². The summed E-state index contributed by atoms with van der Waals surface area (Å²) in [6.45, 7) is 0. The Morgan fingerprint density at radius 1 is 0.842 bits per heavy atom. The molecular weight excluding hydrogens is 265 g/mol. The largest absolute Gasteiger partial charge is 0.489 e. The van der Waals surface area contributed by atoms with Crippen LogP contribution in [-0.4, -0.2) is 34.3 Å². The molecule has 0 aliphatic heterocycles. The fourth-order valence-electron chi connectivity index (χ4n) is 1.84. The van der Waals surface area contributed by atoms with Crippen LogP contribution in [0.1, 0.15) is 0 Å². The highest BCUT2D eigenvalue weighted by atomic mass is 35.5. The lowest BCUT2D eigenvalue weighted by Crippen LogP contribution is -2.31. The Labute approximate surface area is 116 Å². The molecule has 7 heteroatoms. The van der Waals surface area contributed by atoms with Crippen LogP contribution >= 0.6 is 11.6 Å². The first-order chi connectivity index (χ1) is 9.00. The van der Waals surface area contributed by atoms with Gasteiger partial charge in [0.1, 0.15) is 0 Å². The van der Waals surface area contributed by atoms with Crippen LogP contribution in [0.25, 0.3) is 11.1 Å². The normalized spacial score (nSPS) is 10.4. The summed E-state index contributed by atoms with van der Waals surface area (Å²) in [4.78, 5) is 0. The Kier molecular flexibility index (Phi) is 4.29. The van der Waals surface area contributed by atoms with Gasteiger partial charge < -0.3 is 20.1 Å². The molecule has 0 saturated heterocycles. The monoisotopic (exact) mass is 276 g/mol. The van der Waals surface area contributed by atoms with Crippen molar-refractivity contribution in [2.24, 2.45) is 0 Å². The highest BCUT2D eigenvalue weighted by Crippen LogP contribution is 2.25. The van der Waals surface area contributed by atoms with Gasteiger partial charge in [0.25, 0.3) is 0 Å². The van der Waals surface area contributed by atoms with Crippen LogP contribution in [0.3, 0.4) is 0 Å².